The third-order valence-electron chi connectivity index (χ3n) is 5.13. The lowest BCUT2D eigenvalue weighted by Crippen LogP contribution is -2.39. The van der Waals surface area contributed by atoms with E-state index in [4.69, 9.17) is 17.3 Å². The number of nitrogens with one attached hydrogen (secondary N) is 2. The summed E-state index contributed by atoms with van der Waals surface area (Å²) in [6.07, 6.45) is 0. The molecule has 10 heteroatoms. The zero-order valence-corrected chi connectivity index (χ0v) is 19.9. The molecule has 0 spiro atoms. The van der Waals surface area contributed by atoms with E-state index in [0.29, 0.717) is 39.5 Å². The minimum atomic E-state index is -0.342. The van der Waals surface area contributed by atoms with E-state index >= 15 is 0 Å². The Hall–Kier alpha value is -2.07. The molecule has 7 nitrogen and oxygen atoms in total. The van der Waals surface area contributed by atoms with E-state index in [1.807, 2.05) is 13.0 Å². The lowest BCUT2D eigenvalue weighted by Gasteiger charge is -2.23. The van der Waals surface area contributed by atoms with Crippen molar-refractivity contribution >= 4 is 62.1 Å². The molecule has 2 unspecified atom stereocenters. The van der Waals surface area contributed by atoms with E-state index in [2.05, 4.69) is 31.2 Å². The van der Waals surface area contributed by atoms with Crippen LogP contribution in [0.15, 0.2) is 40.9 Å². The number of thioether (sulfide) groups is 1. The molecule has 1 aliphatic heterocycles. The largest absolute Gasteiger partial charge is 0.342 e. The van der Waals surface area contributed by atoms with Crippen LogP contribution in [0.4, 0.5) is 0 Å². The summed E-state index contributed by atoms with van der Waals surface area (Å²) in [5, 5.41) is 3.54. The normalized spacial score (nSPS) is 17.2. The Morgan fingerprint density at radius 3 is 2.94 bits per heavy atom. The molecule has 2 atom stereocenters. The number of aromatic amines is 1. The van der Waals surface area contributed by atoms with Gasteiger partial charge in [0, 0.05) is 33.9 Å². The molecule has 1 aliphatic rings. The number of hydrogen-bond acceptors (Lipinski definition) is 5. The van der Waals surface area contributed by atoms with Gasteiger partial charge < -0.3 is 20.9 Å². The lowest BCUT2D eigenvalue weighted by atomic mass is 10.1. The number of H-pyrrole nitrogens is 1. The zero-order valence-electron chi connectivity index (χ0n) is 16.7. The fourth-order valence-corrected chi connectivity index (χ4v) is 5.30. The van der Waals surface area contributed by atoms with E-state index in [1.54, 1.807) is 47.0 Å². The Balaban J connectivity index is 1.48. The van der Waals surface area contributed by atoms with E-state index in [9.17, 15) is 9.59 Å². The minimum absolute atomic E-state index is 0.0121. The summed E-state index contributed by atoms with van der Waals surface area (Å²) in [6, 6.07) is 10.0. The van der Waals surface area contributed by atoms with Crippen molar-refractivity contribution in [1.82, 2.24) is 20.2 Å². The average molecular weight is 523 g/mol. The van der Waals surface area contributed by atoms with Crippen LogP contribution in [0.2, 0.25) is 5.02 Å². The second-order valence-corrected chi connectivity index (χ2v) is 9.81. The van der Waals surface area contributed by atoms with Crippen molar-refractivity contribution in [2.45, 2.75) is 18.3 Å². The van der Waals surface area contributed by atoms with Crippen LogP contribution in [0.1, 0.15) is 39.5 Å². The molecule has 1 saturated heterocycles. The number of carbonyl (C=O) groups is 2. The summed E-state index contributed by atoms with van der Waals surface area (Å²) in [7, 11) is 0. The van der Waals surface area contributed by atoms with Crippen LogP contribution in [0, 0.1) is 0 Å². The molecule has 2 amide bonds. The fourth-order valence-electron chi connectivity index (χ4n) is 3.49. The molecular formula is C21H21BrClN5O2S. The number of imidazole rings is 1. The van der Waals surface area contributed by atoms with Gasteiger partial charge in [-0.3, -0.25) is 9.59 Å². The number of aromatic nitrogens is 2. The predicted molar refractivity (Wildman–Crippen MR) is 127 cm³/mol. The smallest absolute Gasteiger partial charge is 0.255 e. The van der Waals surface area contributed by atoms with Crippen LogP contribution >= 0.6 is 39.3 Å². The van der Waals surface area contributed by atoms with Gasteiger partial charge >= 0.3 is 0 Å². The molecule has 1 fully saturated rings. The lowest BCUT2D eigenvalue weighted by molar-refractivity contribution is 0.0762. The second-order valence-electron chi connectivity index (χ2n) is 7.23. The Morgan fingerprint density at radius 2 is 2.19 bits per heavy atom. The first-order valence-corrected chi connectivity index (χ1v) is 12.0. The SMILES string of the molecule is CC(NC(=O)c1ccc(C(=O)N2CCSC2CN)c(Br)c1)c1nc2ccc(Cl)cc2[nH]1. The number of amides is 2. The van der Waals surface area contributed by atoms with Crippen molar-refractivity contribution in [3.05, 3.63) is 62.8 Å². The summed E-state index contributed by atoms with van der Waals surface area (Å²) in [5.41, 5.74) is 8.32. The van der Waals surface area contributed by atoms with E-state index in [1.165, 1.54) is 0 Å². The highest BCUT2D eigenvalue weighted by Gasteiger charge is 2.30. The molecule has 0 saturated carbocycles. The molecule has 0 bridgehead atoms. The maximum absolute atomic E-state index is 12.9. The molecule has 0 aliphatic carbocycles. The highest BCUT2D eigenvalue weighted by Crippen LogP contribution is 2.28. The Bertz CT molecular complexity index is 1150. The van der Waals surface area contributed by atoms with Crippen molar-refractivity contribution in [2.24, 2.45) is 5.73 Å². The highest BCUT2D eigenvalue weighted by atomic mass is 79.9. The first kappa shape index (κ1) is 22.1. The van der Waals surface area contributed by atoms with Crippen LogP contribution in [-0.2, 0) is 0 Å². The van der Waals surface area contributed by atoms with Gasteiger partial charge in [0.1, 0.15) is 5.82 Å². The number of rotatable bonds is 5. The molecule has 1 aromatic heterocycles. The molecule has 162 valence electrons. The number of halogens is 2. The molecular weight excluding hydrogens is 502 g/mol. The third kappa shape index (κ3) is 4.59. The molecule has 2 heterocycles. The Kier molecular flexibility index (Phi) is 6.57. The predicted octanol–water partition coefficient (Wildman–Crippen LogP) is 3.94. The summed E-state index contributed by atoms with van der Waals surface area (Å²) in [6.45, 7) is 2.93. The van der Waals surface area contributed by atoms with Crippen molar-refractivity contribution < 1.29 is 9.59 Å². The van der Waals surface area contributed by atoms with Gasteiger partial charge in [0.2, 0.25) is 0 Å². The van der Waals surface area contributed by atoms with Gasteiger partial charge in [-0.1, -0.05) is 11.6 Å². The number of nitrogens with zero attached hydrogens (tertiary/aromatic N) is 2. The maximum atomic E-state index is 12.9. The van der Waals surface area contributed by atoms with Crippen LogP contribution < -0.4 is 11.1 Å². The highest BCUT2D eigenvalue weighted by molar-refractivity contribution is 9.10. The summed E-state index contributed by atoms with van der Waals surface area (Å²) in [5.74, 6) is 1.16. The van der Waals surface area contributed by atoms with Crippen LogP contribution in [0.5, 0.6) is 0 Å². The Labute approximate surface area is 197 Å². The van der Waals surface area contributed by atoms with Gasteiger partial charge in [0.05, 0.1) is 28.0 Å². The first-order chi connectivity index (χ1) is 14.9. The minimum Gasteiger partial charge on any atom is -0.342 e. The summed E-state index contributed by atoms with van der Waals surface area (Å²) in [4.78, 5) is 35.2. The number of hydrogen-bond donors (Lipinski definition) is 3. The molecule has 0 radical (unpaired) electrons. The van der Waals surface area contributed by atoms with Gasteiger partial charge in [-0.25, -0.2) is 4.98 Å². The first-order valence-electron chi connectivity index (χ1n) is 9.75. The number of nitrogens with two attached hydrogens (primary N) is 1. The van der Waals surface area contributed by atoms with Gasteiger partial charge in [-0.05, 0) is 59.3 Å². The molecule has 4 N–H and O–H groups in total. The molecule has 4 rings (SSSR count). The van der Waals surface area contributed by atoms with Crippen molar-refractivity contribution in [1.29, 1.82) is 0 Å². The van der Waals surface area contributed by atoms with Crippen LogP contribution in [-0.4, -0.2) is 50.9 Å². The van der Waals surface area contributed by atoms with Gasteiger partial charge in [0.15, 0.2) is 0 Å². The maximum Gasteiger partial charge on any atom is 0.255 e. The van der Waals surface area contributed by atoms with Crippen molar-refractivity contribution in [2.75, 3.05) is 18.8 Å². The Morgan fingerprint density at radius 1 is 1.39 bits per heavy atom. The van der Waals surface area contributed by atoms with Gasteiger partial charge in [0.25, 0.3) is 11.8 Å². The standard InChI is InChI=1S/C21H21BrClN5O2S/c1-11(19-26-16-5-3-13(23)9-17(16)27-19)25-20(29)12-2-4-14(15(22)8-12)21(30)28-6-7-31-18(28)10-24/h2-5,8-9,11,18H,6-7,10,24H2,1H3,(H,25,29)(H,26,27). The van der Waals surface area contributed by atoms with E-state index in [0.717, 1.165) is 16.8 Å². The van der Waals surface area contributed by atoms with Crippen LogP contribution in [0.3, 0.4) is 0 Å². The van der Waals surface area contributed by atoms with Gasteiger partial charge in [-0.15, -0.1) is 11.8 Å². The quantitative estimate of drug-likeness (QED) is 0.471. The van der Waals surface area contributed by atoms with E-state index in [-0.39, 0.29) is 23.2 Å². The van der Waals surface area contributed by atoms with Crippen molar-refractivity contribution in [3.8, 4) is 0 Å². The monoisotopic (exact) mass is 521 g/mol. The summed E-state index contributed by atoms with van der Waals surface area (Å²) >= 11 is 11.2. The van der Waals surface area contributed by atoms with Gasteiger partial charge in [-0.2, -0.15) is 0 Å². The molecule has 31 heavy (non-hydrogen) atoms. The number of benzene rings is 2. The molecule has 2 aromatic carbocycles. The van der Waals surface area contributed by atoms with E-state index < -0.39 is 0 Å². The summed E-state index contributed by atoms with van der Waals surface area (Å²) < 4.78 is 0.573. The number of fused-ring (bicyclic) bond motifs is 1. The van der Waals surface area contributed by atoms with Crippen LogP contribution in [0.25, 0.3) is 11.0 Å². The fraction of sp³-hybridized carbons (Fsp3) is 0.286. The topological polar surface area (TPSA) is 104 Å². The number of carbonyl (C=O) groups excluding carboxylic acids is 2. The van der Waals surface area contributed by atoms with Crippen molar-refractivity contribution in [3.63, 3.8) is 0 Å². The third-order valence-corrected chi connectivity index (χ3v) is 7.28. The molecule has 3 aromatic rings. The zero-order chi connectivity index (χ0) is 22.1. The average Bonchev–Trinajstić information content (AvgIpc) is 3.39. The second kappa shape index (κ2) is 9.20.